The molecule has 0 aliphatic heterocycles. The minimum absolute atomic E-state index is 0.171. The molecule has 0 radical (unpaired) electrons. The third-order valence-electron chi connectivity index (χ3n) is 4.02. The summed E-state index contributed by atoms with van der Waals surface area (Å²) in [5.41, 5.74) is 0.766. The molecule has 0 spiro atoms. The minimum Gasteiger partial charge on any atom is -0.497 e. The van der Waals surface area contributed by atoms with E-state index in [1.165, 1.54) is 4.90 Å². The van der Waals surface area contributed by atoms with Crippen molar-refractivity contribution in [2.75, 3.05) is 14.2 Å². The summed E-state index contributed by atoms with van der Waals surface area (Å²) in [7, 11) is 3.24. The summed E-state index contributed by atoms with van der Waals surface area (Å²) in [6, 6.07) is 14.2. The molecule has 0 N–H and O–H groups in total. The zero-order valence-corrected chi connectivity index (χ0v) is 16.5. The average molecular weight is 402 g/mol. The summed E-state index contributed by atoms with van der Waals surface area (Å²) in [6.07, 6.45) is -0.674. The van der Waals surface area contributed by atoms with Gasteiger partial charge in [-0.05, 0) is 43.3 Å². The molecule has 3 aromatic rings. The van der Waals surface area contributed by atoms with E-state index in [-0.39, 0.29) is 12.5 Å². The van der Waals surface area contributed by atoms with E-state index in [0.717, 1.165) is 5.56 Å². The summed E-state index contributed by atoms with van der Waals surface area (Å²) in [6.45, 7) is 1.85. The van der Waals surface area contributed by atoms with Crippen molar-refractivity contribution in [3.05, 3.63) is 59.4 Å². The van der Waals surface area contributed by atoms with Crippen molar-refractivity contribution in [3.8, 4) is 22.9 Å². The van der Waals surface area contributed by atoms with Crippen LogP contribution >= 0.6 is 11.6 Å². The number of hydrogen-bond acceptors (Lipinski definition) is 6. The lowest BCUT2D eigenvalue weighted by Gasteiger charge is -2.20. The highest BCUT2D eigenvalue weighted by Gasteiger charge is 2.21. The molecule has 0 bridgehead atoms. The summed E-state index contributed by atoms with van der Waals surface area (Å²) in [5, 5.41) is 4.58. The van der Waals surface area contributed by atoms with Crippen molar-refractivity contribution in [1.82, 2.24) is 15.0 Å². The van der Waals surface area contributed by atoms with Gasteiger partial charge in [0.05, 0.1) is 13.7 Å². The number of benzene rings is 2. The number of likely N-dealkylation sites (N-methyl/N-ethyl adjacent to an activating group) is 1. The lowest BCUT2D eigenvalue weighted by Crippen LogP contribution is -2.37. The fraction of sp³-hybridized carbons (Fsp3) is 0.250. The van der Waals surface area contributed by atoms with Crippen LogP contribution in [-0.4, -0.2) is 41.2 Å². The topological polar surface area (TPSA) is 77.7 Å². The quantitative estimate of drug-likeness (QED) is 0.598. The largest absolute Gasteiger partial charge is 0.497 e. The second-order valence-corrected chi connectivity index (χ2v) is 6.59. The van der Waals surface area contributed by atoms with Gasteiger partial charge in [-0.25, -0.2) is 0 Å². The van der Waals surface area contributed by atoms with Gasteiger partial charge in [-0.15, -0.1) is 0 Å². The number of nitrogens with zero attached hydrogens (tertiary/aromatic N) is 3. The van der Waals surface area contributed by atoms with Crippen LogP contribution in [0, 0.1) is 0 Å². The van der Waals surface area contributed by atoms with Crippen LogP contribution in [0.4, 0.5) is 0 Å². The number of ether oxygens (including phenoxy) is 2. The van der Waals surface area contributed by atoms with E-state index in [1.54, 1.807) is 45.3 Å². The zero-order chi connectivity index (χ0) is 20.1. The van der Waals surface area contributed by atoms with Crippen LogP contribution in [0.5, 0.6) is 11.5 Å². The minimum atomic E-state index is -0.674. The average Bonchev–Trinajstić information content (AvgIpc) is 3.17. The normalized spacial score (nSPS) is 11.7. The lowest BCUT2D eigenvalue weighted by molar-refractivity contribution is -0.137. The highest BCUT2D eigenvalue weighted by atomic mass is 35.5. The van der Waals surface area contributed by atoms with Crippen molar-refractivity contribution in [2.24, 2.45) is 0 Å². The molecule has 2 aromatic carbocycles. The Morgan fingerprint density at radius 1 is 1.21 bits per heavy atom. The Bertz CT molecular complexity index is 943. The third-order valence-corrected chi connectivity index (χ3v) is 4.27. The monoisotopic (exact) mass is 401 g/mol. The molecule has 3 rings (SSSR count). The molecule has 28 heavy (non-hydrogen) atoms. The first-order valence-corrected chi connectivity index (χ1v) is 8.98. The maximum absolute atomic E-state index is 12.5. The zero-order valence-electron chi connectivity index (χ0n) is 15.8. The number of carbonyl (C=O) groups excluding carboxylic acids is 1. The Labute approximate surface area is 167 Å². The van der Waals surface area contributed by atoms with E-state index in [1.807, 2.05) is 24.3 Å². The van der Waals surface area contributed by atoms with Gasteiger partial charge in [-0.3, -0.25) is 4.79 Å². The van der Waals surface area contributed by atoms with E-state index < -0.39 is 6.10 Å². The Balaban J connectivity index is 1.62. The molecule has 8 heteroatoms. The number of rotatable bonds is 7. The van der Waals surface area contributed by atoms with Crippen molar-refractivity contribution >= 4 is 17.5 Å². The van der Waals surface area contributed by atoms with Crippen LogP contribution < -0.4 is 9.47 Å². The molecule has 1 heterocycles. The molecular weight excluding hydrogens is 382 g/mol. The van der Waals surface area contributed by atoms with Crippen molar-refractivity contribution in [3.63, 3.8) is 0 Å². The molecular formula is C20H20ClN3O4. The molecule has 1 amide bonds. The Morgan fingerprint density at radius 2 is 1.96 bits per heavy atom. The maximum atomic E-state index is 12.5. The van der Waals surface area contributed by atoms with Crippen LogP contribution in [0.15, 0.2) is 53.1 Å². The van der Waals surface area contributed by atoms with Crippen LogP contribution in [-0.2, 0) is 11.3 Å². The van der Waals surface area contributed by atoms with Gasteiger partial charge in [0.2, 0.25) is 11.7 Å². The first-order chi connectivity index (χ1) is 13.5. The number of aromatic nitrogens is 2. The number of halogens is 1. The summed E-state index contributed by atoms with van der Waals surface area (Å²) in [4.78, 5) is 18.4. The number of amides is 1. The van der Waals surface area contributed by atoms with Crippen LogP contribution in [0.2, 0.25) is 5.02 Å². The summed E-state index contributed by atoms with van der Waals surface area (Å²) >= 11 is 5.85. The van der Waals surface area contributed by atoms with E-state index in [9.17, 15) is 4.79 Å². The van der Waals surface area contributed by atoms with Crippen LogP contribution in [0.1, 0.15) is 12.8 Å². The molecule has 0 saturated carbocycles. The Kier molecular flexibility index (Phi) is 6.16. The smallest absolute Gasteiger partial charge is 0.263 e. The van der Waals surface area contributed by atoms with Gasteiger partial charge < -0.3 is 18.9 Å². The molecule has 0 saturated heterocycles. The molecule has 0 unspecified atom stereocenters. The van der Waals surface area contributed by atoms with Gasteiger partial charge in [0, 0.05) is 17.6 Å². The molecule has 0 aliphatic rings. The summed E-state index contributed by atoms with van der Waals surface area (Å²) < 4.78 is 16.1. The van der Waals surface area contributed by atoms with Gasteiger partial charge in [0.25, 0.3) is 5.91 Å². The van der Waals surface area contributed by atoms with E-state index in [4.69, 9.17) is 25.6 Å². The fourth-order valence-corrected chi connectivity index (χ4v) is 2.68. The van der Waals surface area contributed by atoms with Crippen molar-refractivity contribution < 1.29 is 18.8 Å². The number of methoxy groups -OCH3 is 1. The standard InChI is InChI=1S/C20H20ClN3O4/c1-13(27-16-9-7-15(21)8-10-16)20(25)24(2)12-18-22-19(23-28-18)14-5-4-6-17(11-14)26-3/h4-11,13H,12H2,1-3H3/t13-/m1/s1. The predicted molar refractivity (Wildman–Crippen MR) is 104 cm³/mol. The van der Waals surface area contributed by atoms with Crippen molar-refractivity contribution in [2.45, 2.75) is 19.6 Å². The highest BCUT2D eigenvalue weighted by Crippen LogP contribution is 2.22. The van der Waals surface area contributed by atoms with Gasteiger partial charge in [-0.1, -0.05) is 28.9 Å². The molecule has 1 aromatic heterocycles. The molecule has 0 fully saturated rings. The van der Waals surface area contributed by atoms with Gasteiger partial charge >= 0.3 is 0 Å². The van der Waals surface area contributed by atoms with E-state index in [2.05, 4.69) is 10.1 Å². The van der Waals surface area contributed by atoms with E-state index in [0.29, 0.717) is 28.2 Å². The second kappa shape index (κ2) is 8.75. The first kappa shape index (κ1) is 19.7. The van der Waals surface area contributed by atoms with E-state index >= 15 is 0 Å². The lowest BCUT2D eigenvalue weighted by atomic mass is 10.2. The van der Waals surface area contributed by atoms with Crippen LogP contribution in [0.3, 0.4) is 0 Å². The third kappa shape index (κ3) is 4.80. The highest BCUT2D eigenvalue weighted by molar-refractivity contribution is 6.30. The molecule has 0 aliphatic carbocycles. The SMILES string of the molecule is COc1cccc(-c2noc(CN(C)C(=O)[C@@H](C)Oc3ccc(Cl)cc3)n2)c1. The molecule has 7 nitrogen and oxygen atoms in total. The Hall–Kier alpha value is -3.06. The van der Waals surface area contributed by atoms with Crippen LogP contribution in [0.25, 0.3) is 11.4 Å². The predicted octanol–water partition coefficient (Wildman–Crippen LogP) is 3.82. The fourth-order valence-electron chi connectivity index (χ4n) is 2.56. The number of hydrogen-bond donors (Lipinski definition) is 0. The van der Waals surface area contributed by atoms with Gasteiger partial charge in [0.15, 0.2) is 6.10 Å². The Morgan fingerprint density at radius 3 is 2.68 bits per heavy atom. The molecule has 146 valence electrons. The van der Waals surface area contributed by atoms with Crippen molar-refractivity contribution in [1.29, 1.82) is 0 Å². The molecule has 1 atom stereocenters. The second-order valence-electron chi connectivity index (χ2n) is 6.15. The summed E-state index contributed by atoms with van der Waals surface area (Å²) in [5.74, 6) is 1.81. The van der Waals surface area contributed by atoms with Gasteiger partial charge in [-0.2, -0.15) is 4.98 Å². The first-order valence-electron chi connectivity index (χ1n) is 8.60. The van der Waals surface area contributed by atoms with Gasteiger partial charge in [0.1, 0.15) is 11.5 Å². The number of carbonyl (C=O) groups is 1. The maximum Gasteiger partial charge on any atom is 0.263 e.